The van der Waals surface area contributed by atoms with Crippen LogP contribution >= 0.6 is 0 Å². The molecule has 0 saturated heterocycles. The summed E-state index contributed by atoms with van der Waals surface area (Å²) in [7, 11) is -1.05. The summed E-state index contributed by atoms with van der Waals surface area (Å²) < 4.78 is 22.3. The van der Waals surface area contributed by atoms with Gasteiger partial charge in [0.25, 0.3) is 0 Å². The highest BCUT2D eigenvalue weighted by Crippen LogP contribution is 1.93. The molecule has 0 aromatic rings. The first-order chi connectivity index (χ1) is 6.37. The zero-order valence-electron chi connectivity index (χ0n) is 8.78. The predicted molar refractivity (Wildman–Crippen MR) is 58.4 cm³/mol. The van der Waals surface area contributed by atoms with Crippen LogP contribution in [0.1, 0.15) is 13.3 Å². The molecule has 0 aromatic heterocycles. The molecule has 0 radical (unpaired) electrons. The molecule has 0 saturated carbocycles. The highest BCUT2D eigenvalue weighted by Gasteiger charge is 2.08. The third kappa shape index (κ3) is 6.85. The zero-order valence-corrected chi connectivity index (χ0v) is 9.60. The summed E-state index contributed by atoms with van der Waals surface area (Å²) >= 11 is 0. The van der Waals surface area contributed by atoms with E-state index in [0.29, 0.717) is 19.5 Å². The third-order valence-corrected chi connectivity index (χ3v) is 3.67. The number of sulfone groups is 1. The van der Waals surface area contributed by atoms with Crippen molar-refractivity contribution in [3.05, 3.63) is 0 Å². The molecule has 6 heteroatoms. The highest BCUT2D eigenvalue weighted by molar-refractivity contribution is 7.91. The van der Waals surface area contributed by atoms with Crippen molar-refractivity contribution < 1.29 is 8.42 Å². The second-order valence-electron chi connectivity index (χ2n) is 3.31. The van der Waals surface area contributed by atoms with Crippen molar-refractivity contribution in [1.82, 2.24) is 4.90 Å². The predicted octanol–water partition coefficient (Wildman–Crippen LogP) is -0.321. The number of amidine groups is 1. The summed E-state index contributed by atoms with van der Waals surface area (Å²) in [6.45, 7) is 2.78. The average Bonchev–Trinajstić information content (AvgIpc) is 2.11. The van der Waals surface area contributed by atoms with Crippen LogP contribution in [0.4, 0.5) is 0 Å². The van der Waals surface area contributed by atoms with Crippen molar-refractivity contribution in [2.75, 3.05) is 31.6 Å². The Kier molecular flexibility index (Phi) is 5.71. The topological polar surface area (TPSA) is 87.2 Å². The Morgan fingerprint density at radius 1 is 1.43 bits per heavy atom. The summed E-state index contributed by atoms with van der Waals surface area (Å²) in [6.07, 6.45) is 0.489. The van der Waals surface area contributed by atoms with E-state index in [-0.39, 0.29) is 17.3 Å². The van der Waals surface area contributed by atoms with E-state index in [2.05, 4.69) is 0 Å². The molecule has 5 nitrogen and oxygen atoms in total. The summed E-state index contributed by atoms with van der Waals surface area (Å²) in [5.41, 5.74) is 5.19. The molecular weight excluding hydrogens is 202 g/mol. The van der Waals surface area contributed by atoms with Gasteiger partial charge >= 0.3 is 0 Å². The van der Waals surface area contributed by atoms with E-state index in [1.807, 2.05) is 11.9 Å². The molecule has 0 aliphatic heterocycles. The van der Waals surface area contributed by atoms with Crippen LogP contribution in [0.15, 0.2) is 0 Å². The molecule has 0 aliphatic carbocycles. The van der Waals surface area contributed by atoms with Crippen molar-refractivity contribution in [3.63, 3.8) is 0 Å². The van der Waals surface area contributed by atoms with Crippen LogP contribution in [-0.2, 0) is 9.84 Å². The minimum atomic E-state index is -2.88. The monoisotopic (exact) mass is 221 g/mol. The highest BCUT2D eigenvalue weighted by atomic mass is 32.2. The number of nitrogens with one attached hydrogen (secondary N) is 1. The molecule has 14 heavy (non-hydrogen) atoms. The molecule has 0 unspecified atom stereocenters. The fraction of sp³-hybridized carbons (Fsp3) is 0.875. The molecule has 0 heterocycles. The van der Waals surface area contributed by atoms with Gasteiger partial charge in [-0.3, -0.25) is 5.41 Å². The maximum atomic E-state index is 11.1. The van der Waals surface area contributed by atoms with Gasteiger partial charge in [-0.1, -0.05) is 6.92 Å². The number of hydrogen-bond donors (Lipinski definition) is 2. The van der Waals surface area contributed by atoms with Gasteiger partial charge in [0.2, 0.25) is 0 Å². The van der Waals surface area contributed by atoms with E-state index in [4.69, 9.17) is 11.1 Å². The Labute approximate surface area is 85.7 Å². The summed E-state index contributed by atoms with van der Waals surface area (Å²) in [5, 5.41) is 7.01. The van der Waals surface area contributed by atoms with Gasteiger partial charge in [-0.05, 0) is 7.05 Å². The van der Waals surface area contributed by atoms with Gasteiger partial charge < -0.3 is 10.6 Å². The first-order valence-electron chi connectivity index (χ1n) is 4.59. The molecule has 0 rings (SSSR count). The smallest absolute Gasteiger partial charge is 0.151 e. The maximum absolute atomic E-state index is 11.1. The summed E-state index contributed by atoms with van der Waals surface area (Å²) in [4.78, 5) is 1.87. The van der Waals surface area contributed by atoms with Crippen molar-refractivity contribution in [2.24, 2.45) is 5.73 Å². The van der Waals surface area contributed by atoms with E-state index >= 15 is 0 Å². The molecule has 0 spiro atoms. The minimum absolute atomic E-state index is 0.134. The fourth-order valence-corrected chi connectivity index (χ4v) is 1.74. The normalized spacial score (nSPS) is 11.9. The van der Waals surface area contributed by atoms with Crippen LogP contribution in [0.2, 0.25) is 0 Å². The lowest BCUT2D eigenvalue weighted by molar-refractivity contribution is 0.363. The average molecular weight is 221 g/mol. The Bertz CT molecular complexity index is 274. The first-order valence-corrected chi connectivity index (χ1v) is 6.41. The van der Waals surface area contributed by atoms with Crippen LogP contribution < -0.4 is 5.73 Å². The second-order valence-corrected chi connectivity index (χ2v) is 5.79. The van der Waals surface area contributed by atoms with Crippen LogP contribution in [0.25, 0.3) is 0 Å². The quantitative estimate of drug-likeness (QED) is 0.455. The van der Waals surface area contributed by atoms with Gasteiger partial charge in [0.1, 0.15) is 0 Å². The molecule has 0 amide bonds. The van der Waals surface area contributed by atoms with Gasteiger partial charge in [0, 0.05) is 25.3 Å². The molecule has 0 aromatic carbocycles. The fourth-order valence-electron chi connectivity index (χ4n) is 0.862. The summed E-state index contributed by atoms with van der Waals surface area (Å²) in [6, 6.07) is 0. The third-order valence-electron chi connectivity index (χ3n) is 1.99. The first kappa shape index (κ1) is 13.4. The number of nitrogens with zero attached hydrogens (tertiary/aromatic N) is 1. The van der Waals surface area contributed by atoms with Gasteiger partial charge in [0.15, 0.2) is 9.84 Å². The molecule has 0 aliphatic rings. The van der Waals surface area contributed by atoms with Crippen molar-refractivity contribution in [2.45, 2.75) is 13.3 Å². The Morgan fingerprint density at radius 2 is 2.00 bits per heavy atom. The largest absolute Gasteiger partial charge is 0.388 e. The second kappa shape index (κ2) is 5.98. The number of rotatable bonds is 7. The molecule has 0 bridgehead atoms. The van der Waals surface area contributed by atoms with E-state index < -0.39 is 9.84 Å². The van der Waals surface area contributed by atoms with Crippen LogP contribution in [0.3, 0.4) is 0 Å². The lowest BCUT2D eigenvalue weighted by atomic mass is 10.4. The van der Waals surface area contributed by atoms with E-state index in [0.717, 1.165) is 0 Å². The van der Waals surface area contributed by atoms with E-state index in [1.165, 1.54) is 0 Å². The molecule has 0 fully saturated rings. The van der Waals surface area contributed by atoms with Gasteiger partial charge in [-0.25, -0.2) is 8.42 Å². The van der Waals surface area contributed by atoms with Gasteiger partial charge in [0.05, 0.1) is 11.6 Å². The summed E-state index contributed by atoms with van der Waals surface area (Å²) in [5.74, 6) is 0.501. The van der Waals surface area contributed by atoms with Crippen LogP contribution in [0, 0.1) is 5.41 Å². The molecule has 0 atom stereocenters. The van der Waals surface area contributed by atoms with Gasteiger partial charge in [-0.15, -0.1) is 0 Å². The Morgan fingerprint density at radius 3 is 2.43 bits per heavy atom. The number of nitrogens with two attached hydrogens (primary N) is 1. The van der Waals surface area contributed by atoms with Gasteiger partial charge in [-0.2, -0.15) is 0 Å². The van der Waals surface area contributed by atoms with Crippen molar-refractivity contribution >= 4 is 15.7 Å². The molecular formula is C8H19N3O2S. The minimum Gasteiger partial charge on any atom is -0.388 e. The van der Waals surface area contributed by atoms with Crippen LogP contribution in [-0.4, -0.2) is 50.8 Å². The zero-order chi connectivity index (χ0) is 11.2. The Balaban J connectivity index is 3.74. The Hall–Kier alpha value is -0.620. The lowest BCUT2D eigenvalue weighted by Crippen LogP contribution is -2.29. The standard InChI is InChI=1S/C8H19N3O2S/c1-3-14(12,13)7-6-11(2)5-4-8(9)10/h3-7H2,1-2H3,(H3,9,10). The molecule has 3 N–H and O–H groups in total. The molecule has 84 valence electrons. The number of hydrogen-bond acceptors (Lipinski definition) is 4. The van der Waals surface area contributed by atoms with Crippen molar-refractivity contribution in [1.29, 1.82) is 5.41 Å². The van der Waals surface area contributed by atoms with Crippen LogP contribution in [0.5, 0.6) is 0 Å². The lowest BCUT2D eigenvalue weighted by Gasteiger charge is -2.15. The van der Waals surface area contributed by atoms with Crippen molar-refractivity contribution in [3.8, 4) is 0 Å². The maximum Gasteiger partial charge on any atom is 0.151 e. The van der Waals surface area contributed by atoms with E-state index in [9.17, 15) is 8.42 Å². The van der Waals surface area contributed by atoms with E-state index in [1.54, 1.807) is 6.92 Å². The SMILES string of the molecule is CCS(=O)(=O)CCN(C)CCC(=N)N.